The van der Waals surface area contributed by atoms with Crippen LogP contribution < -0.4 is 5.32 Å². The largest absolute Gasteiger partial charge is 0.321 e. The Labute approximate surface area is 113 Å². The Morgan fingerprint density at radius 3 is 2.65 bits per heavy atom. The Morgan fingerprint density at radius 1 is 1.05 bits per heavy atom. The number of nitrogens with one attached hydrogen (secondary N) is 1. The molecule has 0 aliphatic carbocycles. The van der Waals surface area contributed by atoms with Gasteiger partial charge in [-0.05, 0) is 30.3 Å². The number of nitrogens with zero attached hydrogens (tertiary/aromatic N) is 3. The van der Waals surface area contributed by atoms with Gasteiger partial charge in [0.05, 0.1) is 11.0 Å². The number of hydrogen-bond acceptors (Lipinski definition) is 4. The normalized spacial score (nSPS) is 10.4. The van der Waals surface area contributed by atoms with Gasteiger partial charge in [0.25, 0.3) is 5.91 Å². The first-order valence-corrected chi connectivity index (χ1v) is 5.87. The van der Waals surface area contributed by atoms with E-state index in [2.05, 4.69) is 20.3 Å². The van der Waals surface area contributed by atoms with E-state index in [-0.39, 0.29) is 5.69 Å². The standard InChI is InChI=1S/C14H9FN4O/c15-13-3-1-2-11(19-13)14(20)18-9-4-5-10-12(8-9)17-7-6-16-10/h1-8H,(H,18,20). The van der Waals surface area contributed by atoms with Gasteiger partial charge in [0, 0.05) is 18.1 Å². The Hall–Kier alpha value is -2.89. The molecule has 1 N–H and O–H groups in total. The summed E-state index contributed by atoms with van der Waals surface area (Å²) in [5.41, 5.74) is 1.96. The van der Waals surface area contributed by atoms with Crippen molar-refractivity contribution in [3.63, 3.8) is 0 Å². The van der Waals surface area contributed by atoms with Crippen molar-refractivity contribution in [2.75, 3.05) is 5.32 Å². The second-order valence-corrected chi connectivity index (χ2v) is 4.06. The number of halogens is 1. The molecule has 5 nitrogen and oxygen atoms in total. The van der Waals surface area contributed by atoms with Gasteiger partial charge in [-0.1, -0.05) is 6.07 Å². The Kier molecular flexibility index (Phi) is 3.04. The van der Waals surface area contributed by atoms with Gasteiger partial charge in [0.15, 0.2) is 0 Å². The average Bonchev–Trinajstić information content (AvgIpc) is 2.47. The van der Waals surface area contributed by atoms with Crippen LogP contribution in [0.4, 0.5) is 10.1 Å². The third kappa shape index (κ3) is 2.44. The lowest BCUT2D eigenvalue weighted by Crippen LogP contribution is -2.14. The lowest BCUT2D eigenvalue weighted by molar-refractivity contribution is 0.102. The molecule has 0 aliphatic rings. The van der Waals surface area contributed by atoms with E-state index in [1.165, 1.54) is 18.2 Å². The van der Waals surface area contributed by atoms with Gasteiger partial charge in [-0.25, -0.2) is 4.98 Å². The topological polar surface area (TPSA) is 67.8 Å². The van der Waals surface area contributed by atoms with Crippen molar-refractivity contribution in [1.29, 1.82) is 0 Å². The number of carbonyl (C=O) groups is 1. The molecule has 1 aromatic carbocycles. The van der Waals surface area contributed by atoms with Crippen LogP contribution in [0.15, 0.2) is 48.8 Å². The molecule has 2 heterocycles. The van der Waals surface area contributed by atoms with Gasteiger partial charge in [-0.2, -0.15) is 4.39 Å². The molecule has 0 spiro atoms. The van der Waals surface area contributed by atoms with E-state index in [0.29, 0.717) is 11.2 Å². The molecule has 1 amide bonds. The second kappa shape index (κ2) is 5.00. The fourth-order valence-electron chi connectivity index (χ4n) is 1.77. The molecular formula is C14H9FN4O. The van der Waals surface area contributed by atoms with Crippen LogP contribution in [0.3, 0.4) is 0 Å². The van der Waals surface area contributed by atoms with Crippen molar-refractivity contribution in [1.82, 2.24) is 15.0 Å². The predicted molar refractivity (Wildman–Crippen MR) is 71.7 cm³/mol. The van der Waals surface area contributed by atoms with Gasteiger partial charge in [-0.3, -0.25) is 14.8 Å². The van der Waals surface area contributed by atoms with E-state index in [9.17, 15) is 9.18 Å². The number of aromatic nitrogens is 3. The van der Waals surface area contributed by atoms with Crippen molar-refractivity contribution >= 4 is 22.6 Å². The van der Waals surface area contributed by atoms with Gasteiger partial charge in [-0.15, -0.1) is 0 Å². The zero-order valence-corrected chi connectivity index (χ0v) is 10.2. The highest BCUT2D eigenvalue weighted by molar-refractivity contribution is 6.03. The monoisotopic (exact) mass is 268 g/mol. The van der Waals surface area contributed by atoms with Gasteiger partial charge < -0.3 is 5.32 Å². The summed E-state index contributed by atoms with van der Waals surface area (Å²) in [5, 5.41) is 2.64. The van der Waals surface area contributed by atoms with Crippen LogP contribution in [0.5, 0.6) is 0 Å². The summed E-state index contributed by atoms with van der Waals surface area (Å²) >= 11 is 0. The highest BCUT2D eigenvalue weighted by atomic mass is 19.1. The van der Waals surface area contributed by atoms with Crippen LogP contribution in [0.1, 0.15) is 10.5 Å². The van der Waals surface area contributed by atoms with E-state index in [1.54, 1.807) is 30.6 Å². The molecule has 0 unspecified atom stereocenters. The summed E-state index contributed by atoms with van der Waals surface area (Å²) in [7, 11) is 0. The van der Waals surface area contributed by atoms with Gasteiger partial charge in [0.1, 0.15) is 5.69 Å². The molecule has 0 radical (unpaired) electrons. The number of pyridine rings is 1. The number of carbonyl (C=O) groups excluding carboxylic acids is 1. The molecular weight excluding hydrogens is 259 g/mol. The minimum absolute atomic E-state index is 0.0178. The Balaban J connectivity index is 1.87. The molecule has 6 heteroatoms. The second-order valence-electron chi connectivity index (χ2n) is 4.06. The fraction of sp³-hybridized carbons (Fsp3) is 0. The van der Waals surface area contributed by atoms with Crippen molar-refractivity contribution in [2.24, 2.45) is 0 Å². The first kappa shape index (κ1) is 12.2. The Bertz CT molecular complexity index is 791. The molecule has 0 bridgehead atoms. The van der Waals surface area contributed by atoms with E-state index >= 15 is 0 Å². The summed E-state index contributed by atoms with van der Waals surface area (Å²) in [6, 6.07) is 9.20. The number of benzene rings is 1. The van der Waals surface area contributed by atoms with Crippen LogP contribution in [0, 0.1) is 5.95 Å². The average molecular weight is 268 g/mol. The summed E-state index contributed by atoms with van der Waals surface area (Å²) in [5.74, 6) is -1.17. The van der Waals surface area contributed by atoms with Crippen LogP contribution in [0.2, 0.25) is 0 Å². The summed E-state index contributed by atoms with van der Waals surface area (Å²) < 4.78 is 13.0. The van der Waals surface area contributed by atoms with E-state index in [4.69, 9.17) is 0 Å². The van der Waals surface area contributed by atoms with E-state index in [1.807, 2.05) is 0 Å². The lowest BCUT2D eigenvalue weighted by Gasteiger charge is -2.05. The number of anilines is 1. The zero-order valence-electron chi connectivity index (χ0n) is 10.2. The SMILES string of the molecule is O=C(Nc1ccc2nccnc2c1)c1cccc(F)n1. The highest BCUT2D eigenvalue weighted by Crippen LogP contribution is 2.15. The molecule has 3 rings (SSSR count). The zero-order chi connectivity index (χ0) is 13.9. The van der Waals surface area contributed by atoms with Crippen LogP contribution in [0.25, 0.3) is 11.0 Å². The molecule has 0 saturated heterocycles. The minimum atomic E-state index is -0.693. The summed E-state index contributed by atoms with van der Waals surface area (Å²) in [6.45, 7) is 0. The molecule has 98 valence electrons. The molecule has 2 aromatic heterocycles. The summed E-state index contributed by atoms with van der Waals surface area (Å²) in [4.78, 5) is 23.7. The highest BCUT2D eigenvalue weighted by Gasteiger charge is 2.09. The van der Waals surface area contributed by atoms with Gasteiger partial charge in [0.2, 0.25) is 5.95 Å². The number of rotatable bonds is 2. The quantitative estimate of drug-likeness (QED) is 0.725. The minimum Gasteiger partial charge on any atom is -0.321 e. The lowest BCUT2D eigenvalue weighted by atomic mass is 10.2. The maximum Gasteiger partial charge on any atom is 0.274 e. The van der Waals surface area contributed by atoms with Crippen LogP contribution in [-0.4, -0.2) is 20.9 Å². The molecule has 0 aliphatic heterocycles. The number of fused-ring (bicyclic) bond motifs is 1. The number of amides is 1. The smallest absolute Gasteiger partial charge is 0.274 e. The number of hydrogen-bond donors (Lipinski definition) is 1. The van der Waals surface area contributed by atoms with Crippen molar-refractivity contribution in [2.45, 2.75) is 0 Å². The van der Waals surface area contributed by atoms with Gasteiger partial charge >= 0.3 is 0 Å². The predicted octanol–water partition coefficient (Wildman–Crippen LogP) is 2.42. The van der Waals surface area contributed by atoms with Crippen molar-refractivity contribution in [3.05, 3.63) is 60.4 Å². The first-order valence-electron chi connectivity index (χ1n) is 5.87. The Morgan fingerprint density at radius 2 is 1.85 bits per heavy atom. The molecule has 0 saturated carbocycles. The van der Waals surface area contributed by atoms with Crippen molar-refractivity contribution in [3.8, 4) is 0 Å². The summed E-state index contributed by atoms with van der Waals surface area (Å²) in [6.07, 6.45) is 3.17. The van der Waals surface area contributed by atoms with Crippen molar-refractivity contribution < 1.29 is 9.18 Å². The third-order valence-corrected chi connectivity index (χ3v) is 2.67. The molecule has 0 atom stereocenters. The maximum absolute atomic E-state index is 13.0. The maximum atomic E-state index is 13.0. The van der Waals surface area contributed by atoms with Crippen LogP contribution >= 0.6 is 0 Å². The van der Waals surface area contributed by atoms with E-state index < -0.39 is 11.9 Å². The third-order valence-electron chi connectivity index (χ3n) is 2.67. The van der Waals surface area contributed by atoms with Crippen LogP contribution in [-0.2, 0) is 0 Å². The van der Waals surface area contributed by atoms with E-state index in [0.717, 1.165) is 5.52 Å². The molecule has 20 heavy (non-hydrogen) atoms. The molecule has 3 aromatic rings. The first-order chi connectivity index (χ1) is 9.72. The molecule has 0 fully saturated rings. The fourth-order valence-corrected chi connectivity index (χ4v) is 1.77.